The number of urea groups is 1. The number of carbonyl (C=O) groups excluding carboxylic acids is 3. The van der Waals surface area contributed by atoms with Gasteiger partial charge in [0.15, 0.2) is 17.7 Å². The van der Waals surface area contributed by atoms with Crippen LogP contribution in [-0.2, 0) is 4.79 Å². The first-order valence-corrected chi connectivity index (χ1v) is 12.3. The SMILES string of the molecule is CCCCN(C(=O)N1C(=O)C(CC)(CC)[C@@H]1Oc1ccc(C(=O)Cl)cc1)c1ccc2c(c1)OCO2. The molecule has 0 bridgehead atoms. The first-order valence-electron chi connectivity index (χ1n) is 11.9. The van der Waals surface area contributed by atoms with E-state index in [4.69, 9.17) is 25.8 Å². The number of imide groups is 1. The van der Waals surface area contributed by atoms with Gasteiger partial charge in [0, 0.05) is 23.9 Å². The average molecular weight is 501 g/mol. The van der Waals surface area contributed by atoms with Crippen molar-refractivity contribution in [3.63, 3.8) is 0 Å². The molecule has 4 rings (SSSR count). The number of unbranched alkanes of at least 4 members (excludes halogenated alkanes) is 1. The lowest BCUT2D eigenvalue weighted by atomic mass is 9.72. The quantitative estimate of drug-likeness (QED) is 0.330. The van der Waals surface area contributed by atoms with Gasteiger partial charge in [-0.3, -0.25) is 14.5 Å². The minimum absolute atomic E-state index is 0.131. The minimum atomic E-state index is -0.818. The van der Waals surface area contributed by atoms with Gasteiger partial charge in [0.05, 0.1) is 0 Å². The molecule has 0 spiro atoms. The van der Waals surface area contributed by atoms with Crippen LogP contribution in [0.15, 0.2) is 42.5 Å². The molecule has 0 unspecified atom stereocenters. The fourth-order valence-electron chi connectivity index (χ4n) is 4.52. The number of rotatable bonds is 9. The Balaban J connectivity index is 1.64. The van der Waals surface area contributed by atoms with Crippen molar-refractivity contribution < 1.29 is 28.6 Å². The van der Waals surface area contributed by atoms with Gasteiger partial charge in [-0.25, -0.2) is 9.69 Å². The zero-order chi connectivity index (χ0) is 25.2. The van der Waals surface area contributed by atoms with Crippen LogP contribution in [0.2, 0.25) is 0 Å². The second kappa shape index (κ2) is 10.2. The highest BCUT2D eigenvalue weighted by atomic mass is 35.5. The second-order valence-electron chi connectivity index (χ2n) is 8.63. The number of hydrogen-bond acceptors (Lipinski definition) is 6. The van der Waals surface area contributed by atoms with E-state index in [1.54, 1.807) is 47.4 Å². The zero-order valence-corrected chi connectivity index (χ0v) is 20.8. The van der Waals surface area contributed by atoms with Crippen LogP contribution >= 0.6 is 11.6 Å². The number of hydrogen-bond donors (Lipinski definition) is 0. The van der Waals surface area contributed by atoms with Crippen LogP contribution in [0.1, 0.15) is 56.8 Å². The molecule has 2 aliphatic heterocycles. The molecule has 3 amide bonds. The third-order valence-electron chi connectivity index (χ3n) is 6.78. The van der Waals surface area contributed by atoms with Crippen molar-refractivity contribution in [3.05, 3.63) is 48.0 Å². The van der Waals surface area contributed by atoms with Crippen LogP contribution in [0.5, 0.6) is 17.2 Å². The lowest BCUT2D eigenvalue weighted by molar-refractivity contribution is -0.190. The molecule has 0 aromatic heterocycles. The molecule has 1 saturated heterocycles. The van der Waals surface area contributed by atoms with Gasteiger partial charge in [-0.15, -0.1) is 0 Å². The van der Waals surface area contributed by atoms with Crippen molar-refractivity contribution in [3.8, 4) is 17.2 Å². The Morgan fingerprint density at radius 3 is 2.40 bits per heavy atom. The van der Waals surface area contributed by atoms with Gasteiger partial charge in [0.2, 0.25) is 12.7 Å². The predicted molar refractivity (Wildman–Crippen MR) is 131 cm³/mol. The molecular formula is C26H29ClN2O6. The van der Waals surface area contributed by atoms with E-state index in [0.29, 0.717) is 47.9 Å². The summed E-state index contributed by atoms with van der Waals surface area (Å²) in [5.41, 5.74) is 0.138. The van der Waals surface area contributed by atoms with E-state index < -0.39 is 22.9 Å². The maximum atomic E-state index is 13.8. The topological polar surface area (TPSA) is 85.4 Å². The summed E-state index contributed by atoms with van der Waals surface area (Å²) in [6, 6.07) is 11.2. The lowest BCUT2D eigenvalue weighted by Gasteiger charge is -2.54. The van der Waals surface area contributed by atoms with E-state index in [1.165, 1.54) is 4.90 Å². The van der Waals surface area contributed by atoms with Crippen molar-refractivity contribution in [2.45, 2.75) is 52.7 Å². The Morgan fingerprint density at radius 2 is 1.77 bits per heavy atom. The summed E-state index contributed by atoms with van der Waals surface area (Å²) in [5, 5.41) is -0.570. The van der Waals surface area contributed by atoms with E-state index in [2.05, 4.69) is 0 Å². The van der Waals surface area contributed by atoms with Gasteiger partial charge < -0.3 is 14.2 Å². The van der Waals surface area contributed by atoms with E-state index in [9.17, 15) is 14.4 Å². The number of carbonyl (C=O) groups is 3. The summed E-state index contributed by atoms with van der Waals surface area (Å²) in [7, 11) is 0. The van der Waals surface area contributed by atoms with Crippen LogP contribution in [0.25, 0.3) is 0 Å². The van der Waals surface area contributed by atoms with Crippen molar-refractivity contribution in [2.75, 3.05) is 18.2 Å². The lowest BCUT2D eigenvalue weighted by Crippen LogP contribution is -2.74. The Morgan fingerprint density at radius 1 is 1.09 bits per heavy atom. The molecule has 2 heterocycles. The summed E-state index contributed by atoms with van der Waals surface area (Å²) in [6.07, 6.45) is 1.89. The molecule has 2 aromatic carbocycles. The number of benzene rings is 2. The Labute approximate surface area is 209 Å². The number of ether oxygens (including phenoxy) is 3. The highest BCUT2D eigenvalue weighted by molar-refractivity contribution is 6.67. The molecule has 0 aliphatic carbocycles. The third kappa shape index (κ3) is 4.43. The normalized spacial score (nSPS) is 17.7. The molecule has 2 aliphatic rings. The van der Waals surface area contributed by atoms with E-state index in [0.717, 1.165) is 12.8 Å². The number of amides is 3. The molecule has 1 fully saturated rings. The van der Waals surface area contributed by atoms with Crippen molar-refractivity contribution in [1.29, 1.82) is 0 Å². The molecule has 2 aromatic rings. The summed E-state index contributed by atoms with van der Waals surface area (Å²) in [5.74, 6) is 1.36. The monoisotopic (exact) mass is 500 g/mol. The minimum Gasteiger partial charge on any atom is -0.469 e. The van der Waals surface area contributed by atoms with E-state index in [-0.39, 0.29) is 12.7 Å². The number of halogens is 1. The molecule has 35 heavy (non-hydrogen) atoms. The van der Waals surface area contributed by atoms with Crippen molar-refractivity contribution in [1.82, 2.24) is 4.90 Å². The molecular weight excluding hydrogens is 472 g/mol. The van der Waals surface area contributed by atoms with Crippen LogP contribution in [0.3, 0.4) is 0 Å². The van der Waals surface area contributed by atoms with Crippen LogP contribution in [0, 0.1) is 5.41 Å². The van der Waals surface area contributed by atoms with E-state index in [1.807, 2.05) is 20.8 Å². The van der Waals surface area contributed by atoms with Gasteiger partial charge in [-0.1, -0.05) is 27.2 Å². The maximum absolute atomic E-state index is 13.8. The first kappa shape index (κ1) is 24.9. The van der Waals surface area contributed by atoms with Gasteiger partial charge in [0.25, 0.3) is 5.24 Å². The van der Waals surface area contributed by atoms with Crippen LogP contribution < -0.4 is 19.1 Å². The molecule has 0 saturated carbocycles. The summed E-state index contributed by atoms with van der Waals surface area (Å²) < 4.78 is 17.1. The number of fused-ring (bicyclic) bond motifs is 1. The highest BCUT2D eigenvalue weighted by Gasteiger charge is 2.63. The maximum Gasteiger partial charge on any atom is 0.334 e. The fourth-order valence-corrected chi connectivity index (χ4v) is 4.64. The Kier molecular flexibility index (Phi) is 7.21. The number of nitrogens with zero attached hydrogens (tertiary/aromatic N) is 2. The molecule has 0 radical (unpaired) electrons. The summed E-state index contributed by atoms with van der Waals surface area (Å²) in [6.45, 7) is 6.44. The predicted octanol–water partition coefficient (Wildman–Crippen LogP) is 5.57. The molecule has 8 nitrogen and oxygen atoms in total. The van der Waals surface area contributed by atoms with Gasteiger partial charge in [-0.05, 0) is 67.3 Å². The highest BCUT2D eigenvalue weighted by Crippen LogP contribution is 2.47. The third-order valence-corrected chi connectivity index (χ3v) is 7.00. The Bertz CT molecular complexity index is 1120. The number of anilines is 1. The van der Waals surface area contributed by atoms with Gasteiger partial charge in [-0.2, -0.15) is 0 Å². The molecule has 9 heteroatoms. The smallest absolute Gasteiger partial charge is 0.334 e. The molecule has 0 N–H and O–H groups in total. The second-order valence-corrected chi connectivity index (χ2v) is 8.98. The van der Waals surface area contributed by atoms with Crippen molar-refractivity contribution in [2.24, 2.45) is 5.41 Å². The van der Waals surface area contributed by atoms with Crippen molar-refractivity contribution >= 4 is 34.5 Å². The number of β-lactam (4-membered cyclic amide) rings is 1. The van der Waals surface area contributed by atoms with Crippen LogP contribution in [0.4, 0.5) is 10.5 Å². The average Bonchev–Trinajstić information content (AvgIpc) is 3.33. The molecule has 186 valence electrons. The standard InChI is InChI=1S/C26H29ClN2O6/c1-4-7-14-28(18-10-13-20-21(15-18)34-16-33-20)25(32)29-23(31)26(5-2,6-3)24(29)35-19-11-8-17(9-12-19)22(27)30/h8-13,15,24H,4-7,14,16H2,1-3H3/t24-/m0/s1. The van der Waals surface area contributed by atoms with Gasteiger partial charge in [0.1, 0.15) is 11.2 Å². The van der Waals surface area contributed by atoms with E-state index >= 15 is 0 Å². The molecule has 1 atom stereocenters. The first-order chi connectivity index (χ1) is 16.9. The largest absolute Gasteiger partial charge is 0.469 e. The van der Waals surface area contributed by atoms with Crippen LogP contribution in [-0.4, -0.2) is 41.6 Å². The summed E-state index contributed by atoms with van der Waals surface area (Å²) >= 11 is 5.54. The number of likely N-dealkylation sites (tertiary alicyclic amines) is 1. The zero-order valence-electron chi connectivity index (χ0n) is 20.1. The summed E-state index contributed by atoms with van der Waals surface area (Å²) in [4.78, 5) is 41.4. The fraction of sp³-hybridized carbons (Fsp3) is 0.423. The van der Waals surface area contributed by atoms with Gasteiger partial charge >= 0.3 is 6.03 Å². The Hall–Kier alpha value is -3.26.